The topological polar surface area (TPSA) is 50.4 Å². The smallest absolute Gasteiger partial charge is 0.223 e. The van der Waals surface area contributed by atoms with Gasteiger partial charge in [-0.05, 0) is 37.8 Å². The monoisotopic (exact) mass is 340 g/mol. The number of carbonyl (C=O) groups excluding carboxylic acids is 1. The van der Waals surface area contributed by atoms with E-state index in [1.54, 1.807) is 0 Å². The minimum absolute atomic E-state index is 0. The maximum atomic E-state index is 12.2. The molecule has 1 amide bonds. The largest absolute Gasteiger partial charge is 0.376 e. The van der Waals surface area contributed by atoms with Crippen molar-refractivity contribution in [3.05, 3.63) is 35.9 Å². The molecule has 1 aromatic rings. The van der Waals surface area contributed by atoms with Gasteiger partial charge in [0.2, 0.25) is 5.91 Å². The van der Waals surface area contributed by atoms with E-state index in [-0.39, 0.29) is 24.2 Å². The highest BCUT2D eigenvalue weighted by atomic mass is 35.5. The van der Waals surface area contributed by atoms with Crippen LogP contribution in [-0.2, 0) is 16.1 Å². The van der Waals surface area contributed by atoms with E-state index in [0.717, 1.165) is 19.4 Å². The van der Waals surface area contributed by atoms with Crippen molar-refractivity contribution in [3.63, 3.8) is 0 Å². The summed E-state index contributed by atoms with van der Waals surface area (Å²) >= 11 is 0. The zero-order chi connectivity index (χ0) is 15.8. The summed E-state index contributed by atoms with van der Waals surface area (Å²) in [7, 11) is 0. The van der Waals surface area contributed by atoms with Gasteiger partial charge in [0.25, 0.3) is 0 Å². The Balaban J connectivity index is 0.00000264. The first kappa shape index (κ1) is 19.9. The minimum atomic E-state index is 0. The molecule has 2 rings (SSSR count). The van der Waals surface area contributed by atoms with Crippen molar-refractivity contribution < 1.29 is 9.53 Å². The average molecular weight is 341 g/mol. The second kappa shape index (κ2) is 10.6. The Morgan fingerprint density at radius 1 is 1.39 bits per heavy atom. The number of ether oxygens (including phenoxy) is 1. The summed E-state index contributed by atoms with van der Waals surface area (Å²) in [6, 6.07) is 10.6. The molecule has 1 unspecified atom stereocenters. The second-order valence-corrected chi connectivity index (χ2v) is 6.43. The predicted molar refractivity (Wildman–Crippen MR) is 95.7 cm³/mol. The van der Waals surface area contributed by atoms with E-state index in [2.05, 4.69) is 36.6 Å². The van der Waals surface area contributed by atoms with Crippen LogP contribution in [-0.4, -0.2) is 31.6 Å². The molecular weight excluding hydrogens is 312 g/mol. The van der Waals surface area contributed by atoms with Crippen molar-refractivity contribution in [2.24, 2.45) is 11.8 Å². The summed E-state index contributed by atoms with van der Waals surface area (Å²) in [5, 5.41) is 6.45. The highest BCUT2D eigenvalue weighted by molar-refractivity contribution is 5.85. The van der Waals surface area contributed by atoms with Crippen LogP contribution < -0.4 is 10.6 Å². The van der Waals surface area contributed by atoms with Crippen LogP contribution in [0.3, 0.4) is 0 Å². The summed E-state index contributed by atoms with van der Waals surface area (Å²) < 4.78 is 5.72. The fraction of sp³-hybridized carbons (Fsp3) is 0.611. The third kappa shape index (κ3) is 7.34. The molecule has 0 saturated carbocycles. The molecule has 0 aliphatic carbocycles. The number of piperidine rings is 1. The van der Waals surface area contributed by atoms with Crippen molar-refractivity contribution in [2.75, 3.05) is 19.7 Å². The van der Waals surface area contributed by atoms with E-state index in [0.29, 0.717) is 31.7 Å². The van der Waals surface area contributed by atoms with Crippen LogP contribution >= 0.6 is 12.4 Å². The van der Waals surface area contributed by atoms with Gasteiger partial charge in [-0.2, -0.15) is 0 Å². The van der Waals surface area contributed by atoms with E-state index >= 15 is 0 Å². The van der Waals surface area contributed by atoms with Crippen LogP contribution in [0.4, 0.5) is 0 Å². The number of halogens is 1. The number of amides is 1. The second-order valence-electron chi connectivity index (χ2n) is 6.43. The molecule has 3 atom stereocenters. The van der Waals surface area contributed by atoms with Gasteiger partial charge in [-0.1, -0.05) is 37.3 Å². The van der Waals surface area contributed by atoms with Crippen LogP contribution in [0.15, 0.2) is 30.3 Å². The Bertz CT molecular complexity index is 456. The van der Waals surface area contributed by atoms with Gasteiger partial charge in [0.05, 0.1) is 13.2 Å². The lowest BCUT2D eigenvalue weighted by atomic mass is 9.92. The molecule has 5 heteroatoms. The number of nitrogens with one attached hydrogen (secondary N) is 2. The van der Waals surface area contributed by atoms with Crippen LogP contribution in [0.1, 0.15) is 32.3 Å². The molecule has 0 bridgehead atoms. The van der Waals surface area contributed by atoms with E-state index < -0.39 is 0 Å². The third-order valence-electron chi connectivity index (χ3n) is 4.13. The normalized spacial score (nSPS) is 22.0. The maximum absolute atomic E-state index is 12.2. The summed E-state index contributed by atoms with van der Waals surface area (Å²) in [5.41, 5.74) is 1.18. The highest BCUT2D eigenvalue weighted by Crippen LogP contribution is 2.16. The molecule has 130 valence electrons. The van der Waals surface area contributed by atoms with Gasteiger partial charge >= 0.3 is 0 Å². The zero-order valence-electron chi connectivity index (χ0n) is 14.1. The van der Waals surface area contributed by atoms with E-state index in [1.165, 1.54) is 5.56 Å². The lowest BCUT2D eigenvalue weighted by molar-refractivity contribution is -0.126. The van der Waals surface area contributed by atoms with Crippen LogP contribution in [0.2, 0.25) is 0 Å². The summed E-state index contributed by atoms with van der Waals surface area (Å²) in [6.07, 6.45) is 1.87. The Hall–Kier alpha value is -1.10. The SMILES string of the molecule is CC(CNC(=O)[C@H]1CCN[C@@H](C)C1)COCc1ccccc1.Cl. The standard InChI is InChI=1S/C18H28N2O2.ClH/c1-14(12-22-13-16-6-4-3-5-7-16)11-20-18(21)17-8-9-19-15(2)10-17;/h3-7,14-15,17,19H,8-13H2,1-2H3,(H,20,21);1H/t14?,15-,17-;/m0./s1. The molecule has 1 saturated heterocycles. The molecule has 0 aromatic heterocycles. The molecule has 0 spiro atoms. The van der Waals surface area contributed by atoms with Gasteiger partial charge in [-0.15, -0.1) is 12.4 Å². The number of hydrogen-bond acceptors (Lipinski definition) is 3. The molecule has 1 heterocycles. The first-order chi connectivity index (χ1) is 10.6. The molecule has 4 nitrogen and oxygen atoms in total. The first-order valence-corrected chi connectivity index (χ1v) is 8.28. The maximum Gasteiger partial charge on any atom is 0.223 e. The number of benzene rings is 1. The Morgan fingerprint density at radius 3 is 2.83 bits per heavy atom. The summed E-state index contributed by atoms with van der Waals surface area (Å²) in [4.78, 5) is 12.2. The van der Waals surface area contributed by atoms with Gasteiger partial charge in [-0.3, -0.25) is 4.79 Å². The molecule has 1 aromatic carbocycles. The number of rotatable bonds is 7. The highest BCUT2D eigenvalue weighted by Gasteiger charge is 2.24. The quantitative estimate of drug-likeness (QED) is 0.802. The molecule has 1 fully saturated rings. The van der Waals surface area contributed by atoms with Gasteiger partial charge in [0, 0.05) is 18.5 Å². The van der Waals surface area contributed by atoms with E-state index in [4.69, 9.17) is 4.74 Å². The molecule has 2 N–H and O–H groups in total. The lowest BCUT2D eigenvalue weighted by Gasteiger charge is -2.27. The Labute approximate surface area is 145 Å². The van der Waals surface area contributed by atoms with Gasteiger partial charge < -0.3 is 15.4 Å². The number of hydrogen-bond donors (Lipinski definition) is 2. The van der Waals surface area contributed by atoms with Crippen LogP contribution in [0, 0.1) is 11.8 Å². The minimum Gasteiger partial charge on any atom is -0.376 e. The van der Waals surface area contributed by atoms with Gasteiger partial charge in [0.15, 0.2) is 0 Å². The summed E-state index contributed by atoms with van der Waals surface area (Å²) in [6.45, 7) is 7.17. The van der Waals surface area contributed by atoms with Crippen LogP contribution in [0.25, 0.3) is 0 Å². The molecular formula is C18H29ClN2O2. The Kier molecular flexibility index (Phi) is 9.22. The molecule has 1 aliphatic heterocycles. The first-order valence-electron chi connectivity index (χ1n) is 8.28. The molecule has 23 heavy (non-hydrogen) atoms. The van der Waals surface area contributed by atoms with Crippen molar-refractivity contribution >= 4 is 18.3 Å². The molecule has 0 radical (unpaired) electrons. The lowest BCUT2D eigenvalue weighted by Crippen LogP contribution is -2.43. The average Bonchev–Trinajstić information content (AvgIpc) is 2.53. The van der Waals surface area contributed by atoms with Crippen molar-refractivity contribution in [3.8, 4) is 0 Å². The molecule has 1 aliphatic rings. The summed E-state index contributed by atoms with van der Waals surface area (Å²) in [5.74, 6) is 0.684. The van der Waals surface area contributed by atoms with Crippen LogP contribution in [0.5, 0.6) is 0 Å². The van der Waals surface area contributed by atoms with Crippen molar-refractivity contribution in [1.82, 2.24) is 10.6 Å². The third-order valence-corrected chi connectivity index (χ3v) is 4.13. The number of carbonyl (C=O) groups is 1. The van der Waals surface area contributed by atoms with Gasteiger partial charge in [-0.25, -0.2) is 0 Å². The van der Waals surface area contributed by atoms with Crippen molar-refractivity contribution in [2.45, 2.75) is 39.3 Å². The predicted octanol–water partition coefficient (Wildman–Crippen LogP) is 2.77. The van der Waals surface area contributed by atoms with E-state index in [9.17, 15) is 4.79 Å². The Morgan fingerprint density at radius 2 is 2.13 bits per heavy atom. The fourth-order valence-corrected chi connectivity index (χ4v) is 2.80. The van der Waals surface area contributed by atoms with E-state index in [1.807, 2.05) is 18.2 Å². The van der Waals surface area contributed by atoms with Crippen molar-refractivity contribution in [1.29, 1.82) is 0 Å². The zero-order valence-corrected chi connectivity index (χ0v) is 14.9. The fourth-order valence-electron chi connectivity index (χ4n) is 2.80. The van der Waals surface area contributed by atoms with Gasteiger partial charge in [0.1, 0.15) is 0 Å².